The van der Waals surface area contributed by atoms with Gasteiger partial charge in [0.15, 0.2) is 5.78 Å². The lowest BCUT2D eigenvalue weighted by Crippen LogP contribution is -2.01. The molecule has 0 saturated carbocycles. The van der Waals surface area contributed by atoms with Crippen LogP contribution < -0.4 is 0 Å². The number of aromatic amines is 1. The van der Waals surface area contributed by atoms with E-state index in [0.29, 0.717) is 28.8 Å². The number of rotatable bonds is 3. The molecule has 0 saturated heterocycles. The summed E-state index contributed by atoms with van der Waals surface area (Å²) in [5.74, 6) is 0.232. The minimum atomic E-state index is -0.328. The number of aryl methyl sites for hydroxylation is 1. The zero-order valence-electron chi connectivity index (χ0n) is 10.4. The van der Waals surface area contributed by atoms with Crippen LogP contribution in [0.2, 0.25) is 0 Å². The van der Waals surface area contributed by atoms with Crippen molar-refractivity contribution < 1.29 is 13.6 Å². The fourth-order valence-corrected chi connectivity index (χ4v) is 2.25. The van der Waals surface area contributed by atoms with Crippen LogP contribution in [0.25, 0.3) is 10.9 Å². The first-order valence-electron chi connectivity index (χ1n) is 6.08. The maximum atomic E-state index is 13.1. The Morgan fingerprint density at radius 2 is 2.16 bits per heavy atom. The number of carbonyl (C=O) groups is 1. The van der Waals surface area contributed by atoms with Gasteiger partial charge in [0.25, 0.3) is 0 Å². The smallest absolute Gasteiger partial charge is 0.198 e. The van der Waals surface area contributed by atoms with Crippen LogP contribution in [0.5, 0.6) is 0 Å². The Bertz CT molecular complexity index is 754. The lowest BCUT2D eigenvalue weighted by atomic mass is 10.0. The van der Waals surface area contributed by atoms with Crippen LogP contribution in [-0.2, 0) is 6.42 Å². The number of nitrogens with one attached hydrogen (secondary N) is 1. The van der Waals surface area contributed by atoms with Gasteiger partial charge < -0.3 is 9.40 Å². The number of carbonyl (C=O) groups excluding carboxylic acids is 1. The van der Waals surface area contributed by atoms with Gasteiger partial charge in [-0.2, -0.15) is 0 Å². The van der Waals surface area contributed by atoms with Gasteiger partial charge >= 0.3 is 0 Å². The van der Waals surface area contributed by atoms with Crippen molar-refractivity contribution in [3.05, 3.63) is 59.4 Å². The van der Waals surface area contributed by atoms with Crippen LogP contribution in [0.1, 0.15) is 28.6 Å². The van der Waals surface area contributed by atoms with E-state index in [2.05, 4.69) is 4.98 Å². The molecule has 0 radical (unpaired) electrons. The van der Waals surface area contributed by atoms with E-state index in [0.717, 1.165) is 5.39 Å². The second-order valence-corrected chi connectivity index (χ2v) is 4.33. The predicted octanol–water partition coefficient (Wildman–Crippen LogP) is 3.69. The second-order valence-electron chi connectivity index (χ2n) is 4.33. The standard InChI is InChI=1S/C15H12FNO2/c1-2-14-11(5-6-19-14)15(18)12-8-17-13-7-9(16)3-4-10(12)13/h3-8,17H,2H2,1H3. The maximum Gasteiger partial charge on any atom is 0.198 e. The zero-order chi connectivity index (χ0) is 13.4. The number of furan rings is 1. The van der Waals surface area contributed by atoms with Gasteiger partial charge in [0.1, 0.15) is 11.6 Å². The summed E-state index contributed by atoms with van der Waals surface area (Å²) in [6.07, 6.45) is 3.78. The first-order valence-corrected chi connectivity index (χ1v) is 6.08. The van der Waals surface area contributed by atoms with Crippen molar-refractivity contribution in [2.24, 2.45) is 0 Å². The molecule has 1 aromatic carbocycles. The minimum absolute atomic E-state index is 0.108. The Morgan fingerprint density at radius 1 is 1.32 bits per heavy atom. The SMILES string of the molecule is CCc1occc1C(=O)c1c[nH]c2cc(F)ccc12. The van der Waals surface area contributed by atoms with Crippen LogP contribution >= 0.6 is 0 Å². The lowest BCUT2D eigenvalue weighted by molar-refractivity contribution is 0.103. The molecule has 3 nitrogen and oxygen atoms in total. The van der Waals surface area contributed by atoms with Crippen molar-refractivity contribution in [2.75, 3.05) is 0 Å². The summed E-state index contributed by atoms with van der Waals surface area (Å²) in [6, 6.07) is 6.01. The highest BCUT2D eigenvalue weighted by Crippen LogP contribution is 2.24. The number of hydrogen-bond acceptors (Lipinski definition) is 2. The number of halogens is 1. The van der Waals surface area contributed by atoms with Gasteiger partial charge in [-0.1, -0.05) is 6.92 Å². The Morgan fingerprint density at radius 3 is 2.95 bits per heavy atom. The fraction of sp³-hybridized carbons (Fsp3) is 0.133. The molecule has 3 aromatic rings. The Hall–Kier alpha value is -2.36. The molecule has 2 aromatic heterocycles. The monoisotopic (exact) mass is 257 g/mol. The van der Waals surface area contributed by atoms with Crippen molar-refractivity contribution in [3.8, 4) is 0 Å². The Balaban J connectivity index is 2.12. The summed E-state index contributed by atoms with van der Waals surface area (Å²) in [4.78, 5) is 15.4. The molecule has 1 N–H and O–H groups in total. The molecule has 0 aliphatic carbocycles. The van der Waals surface area contributed by atoms with Gasteiger partial charge in [-0.15, -0.1) is 0 Å². The summed E-state index contributed by atoms with van der Waals surface area (Å²) in [6.45, 7) is 1.93. The first-order chi connectivity index (χ1) is 9.20. The highest BCUT2D eigenvalue weighted by Gasteiger charge is 2.18. The molecule has 0 aliphatic rings. The number of aromatic nitrogens is 1. The topological polar surface area (TPSA) is 46.0 Å². The highest BCUT2D eigenvalue weighted by atomic mass is 19.1. The molecule has 0 fully saturated rings. The van der Waals surface area contributed by atoms with Crippen molar-refractivity contribution >= 4 is 16.7 Å². The number of hydrogen-bond donors (Lipinski definition) is 1. The maximum absolute atomic E-state index is 13.1. The van der Waals surface area contributed by atoms with Gasteiger partial charge in [0.2, 0.25) is 0 Å². The third-order valence-electron chi connectivity index (χ3n) is 3.20. The molecule has 0 atom stereocenters. The number of H-pyrrole nitrogens is 1. The molecule has 0 unspecified atom stereocenters. The van der Waals surface area contributed by atoms with E-state index in [1.165, 1.54) is 18.4 Å². The van der Waals surface area contributed by atoms with E-state index in [4.69, 9.17) is 4.42 Å². The van der Waals surface area contributed by atoms with Gasteiger partial charge in [0.05, 0.1) is 11.8 Å². The van der Waals surface area contributed by atoms with E-state index >= 15 is 0 Å². The van der Waals surface area contributed by atoms with Crippen molar-refractivity contribution in [3.63, 3.8) is 0 Å². The molecular formula is C15H12FNO2. The van der Waals surface area contributed by atoms with Gasteiger partial charge in [-0.05, 0) is 24.3 Å². The Labute approximate surface area is 109 Å². The predicted molar refractivity (Wildman–Crippen MR) is 69.8 cm³/mol. The fourth-order valence-electron chi connectivity index (χ4n) is 2.25. The summed E-state index contributed by atoms with van der Waals surface area (Å²) in [7, 11) is 0. The van der Waals surface area contributed by atoms with Crippen LogP contribution in [0, 0.1) is 5.82 Å². The van der Waals surface area contributed by atoms with E-state index in [1.807, 2.05) is 6.92 Å². The molecular weight excluding hydrogens is 245 g/mol. The van der Waals surface area contributed by atoms with Crippen molar-refractivity contribution in [2.45, 2.75) is 13.3 Å². The third kappa shape index (κ3) is 1.85. The summed E-state index contributed by atoms with van der Waals surface area (Å²) >= 11 is 0. The zero-order valence-corrected chi connectivity index (χ0v) is 10.4. The lowest BCUT2D eigenvalue weighted by Gasteiger charge is -1.99. The minimum Gasteiger partial charge on any atom is -0.469 e. The van der Waals surface area contributed by atoms with E-state index in [-0.39, 0.29) is 11.6 Å². The average Bonchev–Trinajstić information content (AvgIpc) is 3.03. The highest BCUT2D eigenvalue weighted by molar-refractivity contribution is 6.16. The molecule has 0 amide bonds. The molecule has 2 heterocycles. The molecule has 0 spiro atoms. The van der Waals surface area contributed by atoms with Crippen LogP contribution in [0.3, 0.4) is 0 Å². The second kappa shape index (κ2) is 4.39. The molecule has 0 bridgehead atoms. The molecule has 19 heavy (non-hydrogen) atoms. The van der Waals surface area contributed by atoms with Crippen LogP contribution in [0.15, 0.2) is 41.1 Å². The number of fused-ring (bicyclic) bond motifs is 1. The summed E-state index contributed by atoms with van der Waals surface area (Å²) < 4.78 is 18.4. The van der Waals surface area contributed by atoms with E-state index in [9.17, 15) is 9.18 Å². The quantitative estimate of drug-likeness (QED) is 0.727. The van der Waals surface area contributed by atoms with E-state index < -0.39 is 0 Å². The van der Waals surface area contributed by atoms with Gasteiger partial charge in [0, 0.05) is 29.1 Å². The third-order valence-corrected chi connectivity index (χ3v) is 3.20. The van der Waals surface area contributed by atoms with Crippen molar-refractivity contribution in [1.82, 2.24) is 4.98 Å². The summed E-state index contributed by atoms with van der Waals surface area (Å²) in [5, 5.41) is 0.717. The average molecular weight is 257 g/mol. The van der Waals surface area contributed by atoms with E-state index in [1.54, 1.807) is 18.3 Å². The molecule has 0 aliphatic heterocycles. The van der Waals surface area contributed by atoms with Crippen LogP contribution in [-0.4, -0.2) is 10.8 Å². The van der Waals surface area contributed by atoms with Crippen molar-refractivity contribution in [1.29, 1.82) is 0 Å². The first kappa shape index (κ1) is 11.7. The van der Waals surface area contributed by atoms with Gasteiger partial charge in [-0.3, -0.25) is 4.79 Å². The molecule has 4 heteroatoms. The summed E-state index contributed by atoms with van der Waals surface area (Å²) in [5.41, 5.74) is 1.71. The molecule has 96 valence electrons. The Kier molecular flexibility index (Phi) is 2.71. The molecule has 3 rings (SSSR count). The van der Waals surface area contributed by atoms with Gasteiger partial charge in [-0.25, -0.2) is 4.39 Å². The van der Waals surface area contributed by atoms with Crippen LogP contribution in [0.4, 0.5) is 4.39 Å². The number of benzene rings is 1. The number of ketones is 1. The largest absolute Gasteiger partial charge is 0.469 e. The normalized spacial score (nSPS) is 11.1.